The smallest absolute Gasteiger partial charge is 0.358 e. The summed E-state index contributed by atoms with van der Waals surface area (Å²) in [5.74, 6) is -1.81. The molecule has 0 amide bonds. The number of alkyl halides is 4. The van der Waals surface area contributed by atoms with Crippen molar-refractivity contribution in [1.29, 1.82) is 0 Å². The van der Waals surface area contributed by atoms with Crippen LogP contribution in [0.25, 0.3) is 0 Å². The van der Waals surface area contributed by atoms with Gasteiger partial charge in [0.25, 0.3) is 3.79 Å². The molecule has 0 bridgehead atoms. The van der Waals surface area contributed by atoms with Crippen molar-refractivity contribution in [2.75, 3.05) is 12.5 Å². The fourth-order valence-corrected chi connectivity index (χ4v) is 0.906. The van der Waals surface area contributed by atoms with Gasteiger partial charge in [-0.1, -0.05) is 41.4 Å². The minimum absolute atomic E-state index is 0.101. The third kappa shape index (κ3) is 6.99. The maximum absolute atomic E-state index is 11.2. The molecule has 0 aromatic rings. The molecule has 98 valence electrons. The summed E-state index contributed by atoms with van der Waals surface area (Å²) >= 11 is 21.4. The first-order chi connectivity index (χ1) is 7.68. The normalized spacial score (nSPS) is 12.8. The average molecular weight is 324 g/mol. The van der Waals surface area contributed by atoms with E-state index in [4.69, 9.17) is 55.9 Å². The van der Waals surface area contributed by atoms with E-state index in [-0.39, 0.29) is 18.1 Å². The molecule has 0 aliphatic carbocycles. The molecule has 0 aromatic heterocycles. The van der Waals surface area contributed by atoms with Gasteiger partial charge in [0.2, 0.25) is 0 Å². The monoisotopic (exact) mass is 322 g/mol. The van der Waals surface area contributed by atoms with Crippen molar-refractivity contribution in [1.82, 2.24) is 0 Å². The van der Waals surface area contributed by atoms with Crippen molar-refractivity contribution in [3.63, 3.8) is 0 Å². The number of carbonyl (C=O) groups excluding carboxylic acids is 2. The Balaban J connectivity index is 4.23. The van der Waals surface area contributed by atoms with E-state index in [0.29, 0.717) is 0 Å². The molecule has 0 heterocycles. The van der Waals surface area contributed by atoms with Crippen molar-refractivity contribution < 1.29 is 19.1 Å². The van der Waals surface area contributed by atoms with E-state index in [9.17, 15) is 9.59 Å². The second-order valence-corrected chi connectivity index (χ2v) is 5.65. The van der Waals surface area contributed by atoms with Crippen LogP contribution < -0.4 is 0 Å². The van der Waals surface area contributed by atoms with Crippen LogP contribution in [0, 0.1) is 0 Å². The van der Waals surface area contributed by atoms with Gasteiger partial charge < -0.3 is 9.47 Å². The standard InChI is InChI=1S/C9H10Cl4O4/c1-5(2)7(14)16-4-6(3-10)17-8(15)9(11,12)13/h6H,1,3-4H2,2H3. The predicted molar refractivity (Wildman–Crippen MR) is 66.7 cm³/mol. The van der Waals surface area contributed by atoms with Crippen molar-refractivity contribution >= 4 is 58.3 Å². The zero-order valence-corrected chi connectivity index (χ0v) is 11.9. The molecule has 0 aromatic carbocycles. The summed E-state index contributed by atoms with van der Waals surface area (Å²) in [4.78, 5) is 22.2. The van der Waals surface area contributed by atoms with Crippen LogP contribution in [0.4, 0.5) is 0 Å². The van der Waals surface area contributed by atoms with E-state index in [1.54, 1.807) is 0 Å². The number of ether oxygens (including phenoxy) is 2. The molecule has 17 heavy (non-hydrogen) atoms. The third-order valence-electron chi connectivity index (χ3n) is 1.43. The lowest BCUT2D eigenvalue weighted by atomic mass is 10.3. The molecule has 0 fully saturated rings. The highest BCUT2D eigenvalue weighted by molar-refractivity contribution is 6.75. The van der Waals surface area contributed by atoms with Gasteiger partial charge in [-0.25, -0.2) is 9.59 Å². The van der Waals surface area contributed by atoms with Crippen LogP contribution in [0.3, 0.4) is 0 Å². The molecule has 4 nitrogen and oxygen atoms in total. The number of carbonyl (C=O) groups is 2. The Morgan fingerprint density at radius 3 is 2.24 bits per heavy atom. The number of halogens is 4. The summed E-state index contributed by atoms with van der Waals surface area (Å²) in [5, 5.41) is 0. The quantitative estimate of drug-likeness (QED) is 0.443. The van der Waals surface area contributed by atoms with Crippen molar-refractivity contribution in [3.05, 3.63) is 12.2 Å². The van der Waals surface area contributed by atoms with E-state index >= 15 is 0 Å². The maximum atomic E-state index is 11.2. The topological polar surface area (TPSA) is 52.6 Å². The first-order valence-electron chi connectivity index (χ1n) is 4.35. The highest BCUT2D eigenvalue weighted by Gasteiger charge is 2.34. The predicted octanol–water partition coefficient (Wildman–Crippen LogP) is 2.63. The molecular formula is C9H10Cl4O4. The first-order valence-corrected chi connectivity index (χ1v) is 6.01. The molecule has 0 spiro atoms. The van der Waals surface area contributed by atoms with Gasteiger partial charge in [0.1, 0.15) is 12.7 Å². The Hall–Kier alpha value is -0.160. The lowest BCUT2D eigenvalue weighted by Crippen LogP contribution is -2.32. The minimum Gasteiger partial charge on any atom is -0.458 e. The number of esters is 2. The van der Waals surface area contributed by atoms with Crippen LogP contribution in [-0.2, 0) is 19.1 Å². The van der Waals surface area contributed by atoms with Gasteiger partial charge in [-0.15, -0.1) is 11.6 Å². The molecule has 1 unspecified atom stereocenters. The van der Waals surface area contributed by atoms with Crippen LogP contribution in [0.15, 0.2) is 12.2 Å². The Bertz CT molecular complexity index is 311. The zero-order valence-electron chi connectivity index (χ0n) is 8.84. The van der Waals surface area contributed by atoms with Crippen molar-refractivity contribution in [2.24, 2.45) is 0 Å². The summed E-state index contributed by atoms with van der Waals surface area (Å²) in [6.07, 6.45) is -0.886. The summed E-state index contributed by atoms with van der Waals surface area (Å²) in [5.41, 5.74) is 0.214. The minimum atomic E-state index is -2.19. The molecule has 0 saturated heterocycles. The van der Waals surface area contributed by atoms with E-state index in [0.717, 1.165) is 0 Å². The fourth-order valence-electron chi connectivity index (χ4n) is 0.620. The van der Waals surface area contributed by atoms with Crippen molar-refractivity contribution in [3.8, 4) is 0 Å². The van der Waals surface area contributed by atoms with Crippen LogP contribution in [-0.4, -0.2) is 34.3 Å². The van der Waals surface area contributed by atoms with E-state index in [1.807, 2.05) is 0 Å². The van der Waals surface area contributed by atoms with Crippen LogP contribution >= 0.6 is 46.4 Å². The largest absolute Gasteiger partial charge is 0.458 e. The Morgan fingerprint density at radius 1 is 1.35 bits per heavy atom. The van der Waals surface area contributed by atoms with Crippen LogP contribution in [0.2, 0.25) is 0 Å². The summed E-state index contributed by atoms with van der Waals surface area (Å²) in [6, 6.07) is 0. The summed E-state index contributed by atoms with van der Waals surface area (Å²) < 4.78 is 7.27. The summed E-state index contributed by atoms with van der Waals surface area (Å²) in [6.45, 7) is 4.62. The molecular weight excluding hydrogens is 314 g/mol. The highest BCUT2D eigenvalue weighted by Crippen LogP contribution is 2.28. The fraction of sp³-hybridized carbons (Fsp3) is 0.556. The molecule has 0 saturated carbocycles. The third-order valence-corrected chi connectivity index (χ3v) is 2.23. The second-order valence-electron chi connectivity index (χ2n) is 3.06. The van der Waals surface area contributed by atoms with E-state index in [2.05, 4.69) is 6.58 Å². The van der Waals surface area contributed by atoms with Gasteiger partial charge in [0.05, 0.1) is 5.88 Å². The Labute approximate surface area is 119 Å². The Morgan fingerprint density at radius 2 is 1.88 bits per heavy atom. The molecule has 0 aliphatic heterocycles. The lowest BCUT2D eigenvalue weighted by Gasteiger charge is -2.18. The molecule has 0 aliphatic rings. The highest BCUT2D eigenvalue weighted by atomic mass is 35.6. The number of hydrogen-bond acceptors (Lipinski definition) is 4. The van der Waals surface area contributed by atoms with Crippen LogP contribution in [0.1, 0.15) is 6.92 Å². The van der Waals surface area contributed by atoms with Gasteiger partial charge in [0.15, 0.2) is 0 Å². The van der Waals surface area contributed by atoms with E-state index in [1.165, 1.54) is 6.92 Å². The number of rotatable bonds is 5. The van der Waals surface area contributed by atoms with E-state index < -0.39 is 21.8 Å². The average Bonchev–Trinajstić information content (AvgIpc) is 2.21. The van der Waals surface area contributed by atoms with Gasteiger partial charge in [-0.2, -0.15) is 0 Å². The van der Waals surface area contributed by atoms with Crippen molar-refractivity contribution in [2.45, 2.75) is 16.8 Å². The molecule has 0 rings (SSSR count). The molecule has 1 atom stereocenters. The molecule has 8 heteroatoms. The molecule has 0 radical (unpaired) electrons. The van der Waals surface area contributed by atoms with Gasteiger partial charge in [-0.3, -0.25) is 0 Å². The number of hydrogen-bond donors (Lipinski definition) is 0. The first kappa shape index (κ1) is 16.8. The lowest BCUT2D eigenvalue weighted by molar-refractivity contribution is -0.155. The van der Waals surface area contributed by atoms with Crippen LogP contribution in [0.5, 0.6) is 0 Å². The second kappa shape index (κ2) is 7.31. The van der Waals surface area contributed by atoms with Gasteiger partial charge in [0, 0.05) is 5.57 Å². The van der Waals surface area contributed by atoms with Gasteiger partial charge in [-0.05, 0) is 6.92 Å². The Kier molecular flexibility index (Phi) is 7.24. The summed E-state index contributed by atoms with van der Waals surface area (Å²) in [7, 11) is 0. The molecule has 0 N–H and O–H groups in total. The maximum Gasteiger partial charge on any atom is 0.358 e. The zero-order chi connectivity index (χ0) is 13.6. The van der Waals surface area contributed by atoms with Gasteiger partial charge >= 0.3 is 11.9 Å². The SMILES string of the molecule is C=C(C)C(=O)OCC(CCl)OC(=O)C(Cl)(Cl)Cl.